The minimum Gasteiger partial charge on any atom is -0.465 e. The number of aryl methyl sites for hydroxylation is 2. The quantitative estimate of drug-likeness (QED) is 0.661. The minimum atomic E-state index is -4.36. The van der Waals surface area contributed by atoms with E-state index < -0.39 is 17.8 Å². The summed E-state index contributed by atoms with van der Waals surface area (Å²) < 4.78 is 40.8. The number of rotatable bonds is 3. The Bertz CT molecular complexity index is 818. The lowest BCUT2D eigenvalue weighted by Crippen LogP contribution is -2.42. The molecule has 0 spiro atoms. The topological polar surface area (TPSA) is 58.4 Å². The lowest BCUT2D eigenvalue weighted by molar-refractivity contribution is -0.137. The van der Waals surface area contributed by atoms with Gasteiger partial charge in [-0.1, -0.05) is 12.1 Å². The summed E-state index contributed by atoms with van der Waals surface area (Å²) in [5.74, 6) is 0.842. The molecule has 1 unspecified atom stereocenters. The molecule has 26 heavy (non-hydrogen) atoms. The molecule has 1 N–H and O–H groups in total. The van der Waals surface area contributed by atoms with E-state index in [1.807, 2.05) is 11.5 Å². The molecule has 1 atom stereocenters. The third-order valence-electron chi connectivity index (χ3n) is 4.64. The van der Waals surface area contributed by atoms with Crippen molar-refractivity contribution in [2.75, 3.05) is 6.54 Å². The van der Waals surface area contributed by atoms with Crippen LogP contribution < -0.4 is 0 Å². The predicted molar refractivity (Wildman–Crippen MR) is 96.9 cm³/mol. The molecule has 1 amide bonds. The zero-order valence-corrected chi connectivity index (χ0v) is 16.1. The molecule has 0 bridgehead atoms. The van der Waals surface area contributed by atoms with Crippen LogP contribution in [0.25, 0.3) is 0 Å². The number of amides is 1. The van der Waals surface area contributed by atoms with Gasteiger partial charge in [0.2, 0.25) is 0 Å². The van der Waals surface area contributed by atoms with Gasteiger partial charge in [0.1, 0.15) is 9.53 Å². The number of benzene rings is 1. The van der Waals surface area contributed by atoms with E-state index in [1.54, 1.807) is 0 Å². The lowest BCUT2D eigenvalue weighted by Gasteiger charge is -2.35. The smallest absolute Gasteiger partial charge is 0.416 e. The zero-order valence-electron chi connectivity index (χ0n) is 13.9. The Morgan fingerprint density at radius 1 is 1.31 bits per heavy atom. The number of hydrogen-bond donors (Lipinski definition) is 1. The van der Waals surface area contributed by atoms with Gasteiger partial charge >= 0.3 is 12.3 Å². The monoisotopic (exact) mass is 479 g/mol. The van der Waals surface area contributed by atoms with Crippen molar-refractivity contribution in [3.05, 3.63) is 50.6 Å². The normalized spacial score (nSPS) is 17.3. The van der Waals surface area contributed by atoms with Gasteiger partial charge in [-0.05, 0) is 60.1 Å². The molecule has 3 rings (SSSR count). The molecule has 2 heterocycles. The first-order valence-corrected chi connectivity index (χ1v) is 9.14. The molecule has 0 saturated carbocycles. The Hall–Kier alpha value is -1.78. The first kappa shape index (κ1) is 19.0. The van der Waals surface area contributed by atoms with E-state index in [2.05, 4.69) is 27.6 Å². The Morgan fingerprint density at radius 3 is 2.54 bits per heavy atom. The summed E-state index contributed by atoms with van der Waals surface area (Å²) in [7, 11) is 0. The third kappa shape index (κ3) is 3.67. The number of carbonyl (C=O) groups is 1. The molecule has 1 aromatic heterocycles. The Morgan fingerprint density at radius 2 is 1.96 bits per heavy atom. The van der Waals surface area contributed by atoms with Crippen molar-refractivity contribution >= 4 is 28.7 Å². The SMILES string of the molecule is Cc1nc(I)c2n1CCN(C(=O)O)C2CCc1ccc(C(F)(F)F)cc1. The van der Waals surface area contributed by atoms with E-state index in [0.717, 1.165) is 32.9 Å². The van der Waals surface area contributed by atoms with Gasteiger partial charge in [-0.15, -0.1) is 0 Å². The van der Waals surface area contributed by atoms with Crippen LogP contribution in [0.2, 0.25) is 0 Å². The highest BCUT2D eigenvalue weighted by Crippen LogP contribution is 2.34. The van der Waals surface area contributed by atoms with Gasteiger partial charge in [0.15, 0.2) is 0 Å². The number of nitrogens with zero attached hydrogens (tertiary/aromatic N) is 3. The highest BCUT2D eigenvalue weighted by atomic mass is 127. The van der Waals surface area contributed by atoms with E-state index in [1.165, 1.54) is 17.0 Å². The van der Waals surface area contributed by atoms with Crippen LogP contribution in [0.1, 0.15) is 35.1 Å². The van der Waals surface area contributed by atoms with Gasteiger partial charge in [0.25, 0.3) is 0 Å². The molecule has 9 heteroatoms. The van der Waals surface area contributed by atoms with Gasteiger partial charge < -0.3 is 9.67 Å². The maximum absolute atomic E-state index is 12.7. The number of aromatic nitrogens is 2. The summed E-state index contributed by atoms with van der Waals surface area (Å²) in [4.78, 5) is 17.5. The molecule has 0 aliphatic carbocycles. The number of alkyl halides is 3. The number of halogens is 4. The Labute approximate surface area is 162 Å². The average molecular weight is 479 g/mol. The van der Waals surface area contributed by atoms with Crippen LogP contribution in [0, 0.1) is 10.6 Å². The summed E-state index contributed by atoms with van der Waals surface area (Å²) in [6, 6.07) is 4.65. The number of carboxylic acid groups (broad SMARTS) is 1. The fraction of sp³-hybridized carbons (Fsp3) is 0.412. The molecule has 5 nitrogen and oxygen atoms in total. The molecule has 2 aromatic rings. The number of fused-ring (bicyclic) bond motifs is 1. The van der Waals surface area contributed by atoms with E-state index >= 15 is 0 Å². The maximum Gasteiger partial charge on any atom is 0.416 e. The molecule has 0 radical (unpaired) electrons. The molecular weight excluding hydrogens is 462 g/mol. The van der Waals surface area contributed by atoms with Crippen molar-refractivity contribution in [2.45, 2.75) is 38.5 Å². The van der Waals surface area contributed by atoms with Crippen LogP contribution >= 0.6 is 22.6 Å². The summed E-state index contributed by atoms with van der Waals surface area (Å²) in [5.41, 5.74) is 0.921. The molecule has 1 aromatic carbocycles. The molecule has 0 saturated heterocycles. The van der Waals surface area contributed by atoms with Crippen molar-refractivity contribution in [1.82, 2.24) is 14.5 Å². The number of hydrogen-bond acceptors (Lipinski definition) is 2. The van der Waals surface area contributed by atoms with Gasteiger partial charge in [-0.25, -0.2) is 9.78 Å². The Kier molecular flexibility index (Phi) is 5.18. The number of imidazole rings is 1. The highest BCUT2D eigenvalue weighted by Gasteiger charge is 2.34. The van der Waals surface area contributed by atoms with Crippen LogP contribution in [-0.2, 0) is 19.1 Å². The highest BCUT2D eigenvalue weighted by molar-refractivity contribution is 14.1. The first-order chi connectivity index (χ1) is 12.2. The standard InChI is InChI=1S/C17H17F3IN3O2/c1-10-22-15(21)14-13(24(16(25)26)9-8-23(10)14)7-4-11-2-5-12(6-3-11)17(18,19)20/h2-3,5-6,13H,4,7-9H2,1H3,(H,25,26). The molecule has 1 aliphatic rings. The summed E-state index contributed by atoms with van der Waals surface area (Å²) >= 11 is 2.10. The third-order valence-corrected chi connectivity index (χ3v) is 5.44. The van der Waals surface area contributed by atoms with Crippen LogP contribution in [0.3, 0.4) is 0 Å². The van der Waals surface area contributed by atoms with Crippen LogP contribution in [-0.4, -0.2) is 32.2 Å². The molecule has 1 aliphatic heterocycles. The van der Waals surface area contributed by atoms with Crippen molar-refractivity contribution in [3.63, 3.8) is 0 Å². The van der Waals surface area contributed by atoms with Crippen LogP contribution in [0.4, 0.5) is 18.0 Å². The van der Waals surface area contributed by atoms with Gasteiger partial charge in [-0.2, -0.15) is 13.2 Å². The zero-order chi connectivity index (χ0) is 19.1. The van der Waals surface area contributed by atoms with Crippen LogP contribution in [0.15, 0.2) is 24.3 Å². The average Bonchev–Trinajstić information content (AvgIpc) is 2.86. The minimum absolute atomic E-state index is 0.364. The second-order valence-electron chi connectivity index (χ2n) is 6.21. The van der Waals surface area contributed by atoms with E-state index in [-0.39, 0.29) is 6.04 Å². The fourth-order valence-electron chi connectivity index (χ4n) is 3.34. The maximum atomic E-state index is 12.7. The fourth-order valence-corrected chi connectivity index (χ4v) is 4.34. The van der Waals surface area contributed by atoms with Crippen molar-refractivity contribution in [3.8, 4) is 0 Å². The van der Waals surface area contributed by atoms with Gasteiger partial charge in [0, 0.05) is 13.1 Å². The van der Waals surface area contributed by atoms with E-state index in [0.29, 0.717) is 25.9 Å². The first-order valence-electron chi connectivity index (χ1n) is 8.06. The second kappa shape index (κ2) is 7.09. The molecule has 0 fully saturated rings. The van der Waals surface area contributed by atoms with E-state index in [4.69, 9.17) is 0 Å². The largest absolute Gasteiger partial charge is 0.465 e. The van der Waals surface area contributed by atoms with Crippen LogP contribution in [0.5, 0.6) is 0 Å². The second-order valence-corrected chi connectivity index (χ2v) is 7.23. The molecular formula is C17H17F3IN3O2. The van der Waals surface area contributed by atoms with Crippen molar-refractivity contribution in [2.24, 2.45) is 0 Å². The lowest BCUT2D eigenvalue weighted by atomic mass is 9.99. The van der Waals surface area contributed by atoms with Crippen molar-refractivity contribution < 1.29 is 23.1 Å². The van der Waals surface area contributed by atoms with Crippen molar-refractivity contribution in [1.29, 1.82) is 0 Å². The van der Waals surface area contributed by atoms with E-state index in [9.17, 15) is 23.1 Å². The summed E-state index contributed by atoms with van der Waals surface area (Å²) in [6.07, 6.45) is -4.39. The predicted octanol–water partition coefficient (Wildman–Crippen LogP) is 4.48. The summed E-state index contributed by atoms with van der Waals surface area (Å²) in [5, 5.41) is 9.52. The van der Waals surface area contributed by atoms with Gasteiger partial charge in [0.05, 0.1) is 17.3 Å². The van der Waals surface area contributed by atoms with Gasteiger partial charge in [-0.3, -0.25) is 4.90 Å². The Balaban J connectivity index is 1.82. The summed E-state index contributed by atoms with van der Waals surface area (Å²) in [6.45, 7) is 2.81. The molecule has 140 valence electrons.